The van der Waals surface area contributed by atoms with Crippen molar-refractivity contribution < 1.29 is 39.7 Å². The Bertz CT molecular complexity index is 705. The van der Waals surface area contributed by atoms with Crippen LogP contribution in [0.5, 0.6) is 0 Å². The molecule has 0 aliphatic rings. The van der Waals surface area contributed by atoms with Gasteiger partial charge in [0.2, 0.25) is 9.84 Å². The van der Waals surface area contributed by atoms with E-state index in [0.717, 1.165) is 0 Å². The van der Waals surface area contributed by atoms with E-state index in [2.05, 4.69) is 0 Å². The molecule has 0 N–H and O–H groups in total. The van der Waals surface area contributed by atoms with E-state index in [-0.39, 0.29) is 6.07 Å². The summed E-state index contributed by atoms with van der Waals surface area (Å²) in [7, 11) is -6.19. The summed E-state index contributed by atoms with van der Waals surface area (Å²) in [5, 5.41) is 4.02. The maximum Gasteiger partial charge on any atom is 0.426 e. The summed E-state index contributed by atoms with van der Waals surface area (Å²) in [5.74, 6) is 0. The standard InChI is InChI=1S/C9H4ClF6NO4S/c10-5-2-1-4(3-6(5)17(18)19)22(20,21)9(15,16)7(11)8(12,13)14/h1-3,7H/t7-/m1/s1. The second kappa shape index (κ2) is 5.57. The fourth-order valence-electron chi connectivity index (χ4n) is 1.28. The van der Waals surface area contributed by atoms with Gasteiger partial charge in [-0.1, -0.05) is 11.6 Å². The van der Waals surface area contributed by atoms with Crippen LogP contribution >= 0.6 is 11.6 Å². The van der Waals surface area contributed by atoms with Crippen molar-refractivity contribution in [3.05, 3.63) is 33.3 Å². The van der Waals surface area contributed by atoms with Gasteiger partial charge in [-0.3, -0.25) is 10.1 Å². The third kappa shape index (κ3) is 3.11. The van der Waals surface area contributed by atoms with Crippen LogP contribution in [-0.4, -0.2) is 30.9 Å². The van der Waals surface area contributed by atoms with Crippen LogP contribution in [-0.2, 0) is 9.84 Å². The normalized spacial score (nSPS) is 14.7. The van der Waals surface area contributed by atoms with Crippen LogP contribution in [0.25, 0.3) is 0 Å². The fourth-order valence-corrected chi connectivity index (χ4v) is 2.70. The third-order valence-corrected chi connectivity index (χ3v) is 4.48. The second-order valence-corrected chi connectivity index (χ2v) is 6.27. The molecule has 1 aromatic carbocycles. The topological polar surface area (TPSA) is 77.3 Å². The van der Waals surface area contributed by atoms with Gasteiger partial charge in [0, 0.05) is 6.07 Å². The van der Waals surface area contributed by atoms with Crippen molar-refractivity contribution >= 4 is 27.1 Å². The molecule has 5 nitrogen and oxygen atoms in total. The zero-order valence-corrected chi connectivity index (χ0v) is 11.5. The Hall–Kier alpha value is -1.56. The Labute approximate surface area is 123 Å². The minimum Gasteiger partial charge on any atom is -0.258 e. The fraction of sp³-hybridized carbons (Fsp3) is 0.333. The zero-order valence-electron chi connectivity index (χ0n) is 9.94. The molecule has 0 aromatic heterocycles. The van der Waals surface area contributed by atoms with E-state index in [0.29, 0.717) is 12.1 Å². The lowest BCUT2D eigenvalue weighted by Crippen LogP contribution is -2.47. The van der Waals surface area contributed by atoms with E-state index in [1.807, 2.05) is 0 Å². The van der Waals surface area contributed by atoms with Crippen LogP contribution in [0, 0.1) is 10.1 Å². The second-order valence-electron chi connectivity index (χ2n) is 3.84. The van der Waals surface area contributed by atoms with Crippen molar-refractivity contribution in [1.29, 1.82) is 0 Å². The Morgan fingerprint density at radius 2 is 1.68 bits per heavy atom. The van der Waals surface area contributed by atoms with Crippen LogP contribution in [0.1, 0.15) is 0 Å². The predicted octanol–water partition coefficient (Wildman–Crippen LogP) is 3.52. The average Bonchev–Trinajstić information content (AvgIpc) is 2.36. The number of nitrogens with zero attached hydrogens (tertiary/aromatic N) is 1. The first-order valence-electron chi connectivity index (χ1n) is 5.00. The van der Waals surface area contributed by atoms with Gasteiger partial charge in [-0.15, -0.1) is 0 Å². The molecule has 0 amide bonds. The van der Waals surface area contributed by atoms with Crippen LogP contribution in [0.3, 0.4) is 0 Å². The first-order valence-corrected chi connectivity index (χ1v) is 6.86. The number of hydrogen-bond acceptors (Lipinski definition) is 4. The minimum atomic E-state index is -6.19. The molecule has 13 heteroatoms. The van der Waals surface area contributed by atoms with Gasteiger partial charge in [-0.05, 0) is 12.1 Å². The lowest BCUT2D eigenvalue weighted by molar-refractivity contribution is -0.384. The van der Waals surface area contributed by atoms with Gasteiger partial charge in [-0.2, -0.15) is 22.0 Å². The van der Waals surface area contributed by atoms with Gasteiger partial charge >= 0.3 is 11.4 Å². The van der Waals surface area contributed by atoms with Crippen molar-refractivity contribution in [2.75, 3.05) is 0 Å². The number of rotatable bonds is 4. The molecule has 1 atom stereocenters. The van der Waals surface area contributed by atoms with Crippen molar-refractivity contribution in [3.8, 4) is 0 Å². The van der Waals surface area contributed by atoms with E-state index >= 15 is 0 Å². The van der Waals surface area contributed by atoms with Crippen molar-refractivity contribution in [3.63, 3.8) is 0 Å². The number of nitro benzene ring substituents is 1. The van der Waals surface area contributed by atoms with Gasteiger partial charge in [0.1, 0.15) is 5.02 Å². The highest BCUT2D eigenvalue weighted by Gasteiger charge is 2.64. The Balaban J connectivity index is 3.48. The summed E-state index contributed by atoms with van der Waals surface area (Å²) in [6, 6.07) is 0.847. The SMILES string of the molecule is O=[N+]([O-])c1cc(S(=O)(=O)C(F)(F)[C@H](F)C(F)(F)F)ccc1Cl. The van der Waals surface area contributed by atoms with Crippen molar-refractivity contribution in [1.82, 2.24) is 0 Å². The summed E-state index contributed by atoms with van der Waals surface area (Å²) in [4.78, 5) is 7.72. The number of sulfone groups is 1. The monoisotopic (exact) mass is 371 g/mol. The molecule has 124 valence electrons. The first-order chi connectivity index (χ1) is 9.73. The Morgan fingerprint density at radius 1 is 1.18 bits per heavy atom. The molecule has 0 bridgehead atoms. The lowest BCUT2D eigenvalue weighted by atomic mass is 10.3. The summed E-state index contributed by atoms with van der Waals surface area (Å²) < 4.78 is 98.4. The molecule has 0 saturated carbocycles. The zero-order chi connectivity index (χ0) is 17.5. The van der Waals surface area contributed by atoms with Crippen molar-refractivity contribution in [2.45, 2.75) is 22.5 Å². The number of hydrogen-bond donors (Lipinski definition) is 0. The third-order valence-electron chi connectivity index (χ3n) is 2.37. The number of nitro groups is 1. The van der Waals surface area contributed by atoms with E-state index in [9.17, 15) is 44.9 Å². The highest BCUT2D eigenvalue weighted by atomic mass is 35.5. The van der Waals surface area contributed by atoms with Crippen LogP contribution in [0.15, 0.2) is 23.1 Å². The molecule has 0 radical (unpaired) electrons. The van der Waals surface area contributed by atoms with E-state index < -0.39 is 48.0 Å². The highest BCUT2D eigenvalue weighted by molar-refractivity contribution is 7.92. The van der Waals surface area contributed by atoms with Gasteiger partial charge in [-0.25, -0.2) is 12.8 Å². The first kappa shape index (κ1) is 18.5. The lowest BCUT2D eigenvalue weighted by Gasteiger charge is -2.22. The number of alkyl halides is 6. The molecule has 0 spiro atoms. The van der Waals surface area contributed by atoms with Gasteiger partial charge in [0.05, 0.1) is 9.82 Å². The van der Waals surface area contributed by atoms with Crippen molar-refractivity contribution in [2.24, 2.45) is 0 Å². The predicted molar refractivity (Wildman–Crippen MR) is 61.2 cm³/mol. The smallest absolute Gasteiger partial charge is 0.258 e. The van der Waals surface area contributed by atoms with Gasteiger partial charge in [0.15, 0.2) is 0 Å². The molecule has 0 unspecified atom stereocenters. The molecule has 1 rings (SSSR count). The van der Waals surface area contributed by atoms with Crippen LogP contribution in [0.4, 0.5) is 32.0 Å². The highest BCUT2D eigenvalue weighted by Crippen LogP contribution is 2.42. The summed E-state index contributed by atoms with van der Waals surface area (Å²) in [5.41, 5.74) is -1.14. The van der Waals surface area contributed by atoms with Gasteiger partial charge in [0.25, 0.3) is 11.9 Å². The van der Waals surface area contributed by atoms with Crippen LogP contribution < -0.4 is 0 Å². The Morgan fingerprint density at radius 3 is 2.09 bits per heavy atom. The Kier molecular flexibility index (Phi) is 4.68. The summed E-state index contributed by atoms with van der Waals surface area (Å²) in [6.45, 7) is 0. The van der Waals surface area contributed by atoms with E-state index in [4.69, 9.17) is 11.6 Å². The molecule has 1 aromatic rings. The molecule has 22 heavy (non-hydrogen) atoms. The molecule has 0 aliphatic carbocycles. The molecule has 0 heterocycles. The van der Waals surface area contributed by atoms with Crippen LogP contribution in [0.2, 0.25) is 5.02 Å². The van der Waals surface area contributed by atoms with E-state index in [1.54, 1.807) is 0 Å². The maximum absolute atomic E-state index is 13.3. The average molecular weight is 372 g/mol. The summed E-state index contributed by atoms with van der Waals surface area (Å²) >= 11 is 5.31. The molecular weight excluding hydrogens is 368 g/mol. The minimum absolute atomic E-state index is 0.0225. The molecular formula is C9H4ClF6NO4S. The number of halogens is 7. The van der Waals surface area contributed by atoms with Gasteiger partial charge < -0.3 is 0 Å². The molecule has 0 aliphatic heterocycles. The maximum atomic E-state index is 13.3. The summed E-state index contributed by atoms with van der Waals surface area (Å²) in [6.07, 6.45) is -11.1. The largest absolute Gasteiger partial charge is 0.426 e. The quantitative estimate of drug-likeness (QED) is 0.461. The van der Waals surface area contributed by atoms with E-state index in [1.165, 1.54) is 0 Å². The molecule has 0 fully saturated rings. The molecule has 0 saturated heterocycles. The number of benzene rings is 1.